The molecule has 0 spiro atoms. The first-order chi connectivity index (χ1) is 10.6. The van der Waals surface area contributed by atoms with E-state index in [4.69, 9.17) is 10.3 Å². The number of carbonyl (C=O) groups is 1. The predicted octanol–water partition coefficient (Wildman–Crippen LogP) is 2.55. The van der Waals surface area contributed by atoms with E-state index in [2.05, 4.69) is 36.5 Å². The van der Waals surface area contributed by atoms with Crippen LogP contribution in [0.15, 0.2) is 41.1 Å². The van der Waals surface area contributed by atoms with Gasteiger partial charge in [-0.1, -0.05) is 43.3 Å². The van der Waals surface area contributed by atoms with Crippen LogP contribution >= 0.6 is 0 Å². The van der Waals surface area contributed by atoms with Gasteiger partial charge in [0, 0.05) is 31.5 Å². The minimum absolute atomic E-state index is 0.0303. The summed E-state index contributed by atoms with van der Waals surface area (Å²) in [6.07, 6.45) is 2.45. The highest BCUT2D eigenvalue weighted by atomic mass is 16.5. The summed E-state index contributed by atoms with van der Waals surface area (Å²) in [5.74, 6) is 0.471. The number of rotatable bonds is 7. The van der Waals surface area contributed by atoms with Crippen LogP contribution in [0.4, 0.5) is 0 Å². The van der Waals surface area contributed by atoms with Crippen molar-refractivity contribution in [2.75, 3.05) is 6.54 Å². The number of aryl methyl sites for hydroxylation is 1. The highest BCUT2D eigenvalue weighted by Gasteiger charge is 2.09. The van der Waals surface area contributed by atoms with Crippen molar-refractivity contribution in [3.05, 3.63) is 53.4 Å². The molecule has 2 rings (SSSR count). The highest BCUT2D eigenvalue weighted by molar-refractivity contribution is 5.76. The van der Waals surface area contributed by atoms with Gasteiger partial charge in [0.1, 0.15) is 6.26 Å². The number of carbonyl (C=O) groups excluding carboxylic acids is 1. The van der Waals surface area contributed by atoms with E-state index < -0.39 is 0 Å². The van der Waals surface area contributed by atoms with E-state index in [9.17, 15) is 4.79 Å². The summed E-state index contributed by atoms with van der Waals surface area (Å²) in [4.78, 5) is 11.8. The minimum Gasteiger partial charge on any atom is -0.365 e. The van der Waals surface area contributed by atoms with Crippen LogP contribution in [-0.4, -0.2) is 17.6 Å². The third-order valence-corrected chi connectivity index (χ3v) is 3.65. The molecule has 1 amide bonds. The van der Waals surface area contributed by atoms with Crippen molar-refractivity contribution in [3.63, 3.8) is 0 Å². The Hall–Kier alpha value is -2.14. The molecule has 1 atom stereocenters. The van der Waals surface area contributed by atoms with Gasteiger partial charge in [-0.05, 0) is 17.0 Å². The molecule has 5 heteroatoms. The van der Waals surface area contributed by atoms with E-state index >= 15 is 0 Å². The summed E-state index contributed by atoms with van der Waals surface area (Å²) >= 11 is 0. The lowest BCUT2D eigenvalue weighted by atomic mass is 9.99. The van der Waals surface area contributed by atoms with Gasteiger partial charge in [0.25, 0.3) is 0 Å². The lowest BCUT2D eigenvalue weighted by Crippen LogP contribution is -2.32. The average Bonchev–Trinajstić information content (AvgIpc) is 3.04. The molecule has 0 aliphatic rings. The van der Waals surface area contributed by atoms with E-state index in [1.54, 1.807) is 6.07 Å². The number of amides is 1. The summed E-state index contributed by atoms with van der Waals surface area (Å²) in [6, 6.07) is 9.80. The molecule has 118 valence electrons. The molecule has 0 saturated carbocycles. The van der Waals surface area contributed by atoms with Crippen LogP contribution < -0.4 is 11.1 Å². The number of hydrogen-bond donors (Lipinski definition) is 2. The molecular weight excluding hydrogens is 278 g/mol. The summed E-state index contributed by atoms with van der Waals surface area (Å²) in [7, 11) is 0. The Morgan fingerprint density at radius 3 is 2.50 bits per heavy atom. The third kappa shape index (κ3) is 4.70. The molecule has 2 aromatic rings. The fourth-order valence-corrected chi connectivity index (χ4v) is 2.17. The van der Waals surface area contributed by atoms with Crippen molar-refractivity contribution in [1.82, 2.24) is 10.5 Å². The number of hydrogen-bond acceptors (Lipinski definition) is 4. The number of aromatic nitrogens is 1. The maximum Gasteiger partial charge on any atom is 0.220 e. The van der Waals surface area contributed by atoms with Gasteiger partial charge in [-0.2, -0.15) is 0 Å². The molecule has 0 aliphatic heterocycles. The zero-order valence-corrected chi connectivity index (χ0v) is 13.1. The van der Waals surface area contributed by atoms with Crippen LogP contribution in [-0.2, 0) is 11.2 Å². The zero-order chi connectivity index (χ0) is 15.9. The largest absolute Gasteiger partial charge is 0.365 e. The molecule has 0 aliphatic carbocycles. The molecule has 0 saturated heterocycles. The number of benzene rings is 1. The molecule has 0 unspecified atom stereocenters. The number of nitrogens with zero attached hydrogens (tertiary/aromatic N) is 1. The quantitative estimate of drug-likeness (QED) is 0.823. The monoisotopic (exact) mass is 301 g/mol. The standard InChI is InChI=1S/C17H23N3O2/c1-12(2)13-3-5-14(6-4-13)16(18)11-19-17(21)8-7-15-9-10-22-20-15/h3-6,9-10,12,16H,7-8,11,18H2,1-2H3,(H,19,21)/t16-/m0/s1. The normalized spacial score (nSPS) is 12.4. The lowest BCUT2D eigenvalue weighted by Gasteiger charge is -2.14. The fourth-order valence-electron chi connectivity index (χ4n) is 2.17. The van der Waals surface area contributed by atoms with Crippen LogP contribution in [0.25, 0.3) is 0 Å². The van der Waals surface area contributed by atoms with E-state index in [0.717, 1.165) is 11.3 Å². The van der Waals surface area contributed by atoms with Gasteiger partial charge in [-0.15, -0.1) is 0 Å². The second-order valence-corrected chi connectivity index (χ2v) is 5.72. The minimum atomic E-state index is -0.197. The maximum absolute atomic E-state index is 11.8. The van der Waals surface area contributed by atoms with Crippen LogP contribution in [0.1, 0.15) is 49.0 Å². The molecule has 0 bridgehead atoms. The van der Waals surface area contributed by atoms with Crippen LogP contribution in [0.3, 0.4) is 0 Å². The van der Waals surface area contributed by atoms with Crippen LogP contribution in [0.5, 0.6) is 0 Å². The topological polar surface area (TPSA) is 81.1 Å². The van der Waals surface area contributed by atoms with Gasteiger partial charge in [0.15, 0.2) is 0 Å². The molecule has 5 nitrogen and oxygen atoms in total. The van der Waals surface area contributed by atoms with Crippen molar-refractivity contribution in [2.24, 2.45) is 5.73 Å². The molecule has 0 radical (unpaired) electrons. The molecule has 22 heavy (non-hydrogen) atoms. The highest BCUT2D eigenvalue weighted by Crippen LogP contribution is 2.17. The smallest absolute Gasteiger partial charge is 0.220 e. The van der Waals surface area contributed by atoms with Crippen molar-refractivity contribution >= 4 is 5.91 Å². The van der Waals surface area contributed by atoms with Crippen molar-refractivity contribution < 1.29 is 9.32 Å². The molecular formula is C17H23N3O2. The van der Waals surface area contributed by atoms with Gasteiger partial charge >= 0.3 is 0 Å². The van der Waals surface area contributed by atoms with Crippen LogP contribution in [0, 0.1) is 0 Å². The van der Waals surface area contributed by atoms with Crippen LogP contribution in [0.2, 0.25) is 0 Å². The van der Waals surface area contributed by atoms with Gasteiger partial charge in [-0.25, -0.2) is 0 Å². The molecule has 0 fully saturated rings. The average molecular weight is 301 g/mol. The van der Waals surface area contributed by atoms with E-state index in [1.807, 2.05) is 12.1 Å². The van der Waals surface area contributed by atoms with Gasteiger partial charge < -0.3 is 15.6 Å². The first-order valence-corrected chi connectivity index (χ1v) is 7.57. The maximum atomic E-state index is 11.8. The fraction of sp³-hybridized carbons (Fsp3) is 0.412. The Morgan fingerprint density at radius 2 is 1.91 bits per heavy atom. The van der Waals surface area contributed by atoms with E-state index in [-0.39, 0.29) is 11.9 Å². The van der Waals surface area contributed by atoms with Gasteiger partial charge in [0.05, 0.1) is 5.69 Å². The first kappa shape index (κ1) is 16.2. The van der Waals surface area contributed by atoms with Gasteiger partial charge in [0.2, 0.25) is 5.91 Å². The van der Waals surface area contributed by atoms with Crippen molar-refractivity contribution in [2.45, 2.75) is 38.6 Å². The summed E-state index contributed by atoms with van der Waals surface area (Å²) in [5.41, 5.74) is 9.21. The molecule has 1 heterocycles. The second kappa shape index (κ2) is 7.75. The van der Waals surface area contributed by atoms with E-state index in [1.165, 1.54) is 11.8 Å². The lowest BCUT2D eigenvalue weighted by molar-refractivity contribution is -0.121. The van der Waals surface area contributed by atoms with Gasteiger partial charge in [-0.3, -0.25) is 4.79 Å². The van der Waals surface area contributed by atoms with Crippen molar-refractivity contribution in [3.8, 4) is 0 Å². The Balaban J connectivity index is 1.76. The predicted molar refractivity (Wildman–Crippen MR) is 85.3 cm³/mol. The number of nitrogens with two attached hydrogens (primary N) is 1. The summed E-state index contributed by atoms with van der Waals surface area (Å²) in [5, 5.41) is 6.63. The zero-order valence-electron chi connectivity index (χ0n) is 13.1. The van der Waals surface area contributed by atoms with E-state index in [0.29, 0.717) is 25.3 Å². The second-order valence-electron chi connectivity index (χ2n) is 5.72. The molecule has 1 aromatic carbocycles. The Morgan fingerprint density at radius 1 is 1.23 bits per heavy atom. The molecule has 3 N–H and O–H groups in total. The Kier molecular flexibility index (Phi) is 5.72. The van der Waals surface area contributed by atoms with Crippen molar-refractivity contribution in [1.29, 1.82) is 0 Å². The summed E-state index contributed by atoms with van der Waals surface area (Å²) < 4.78 is 4.73. The molecule has 1 aromatic heterocycles. The summed E-state index contributed by atoms with van der Waals surface area (Å²) in [6.45, 7) is 4.74. The SMILES string of the molecule is CC(C)c1ccc([C@@H](N)CNC(=O)CCc2ccon2)cc1. The Labute approximate surface area is 130 Å². The Bertz CT molecular complexity index is 576. The first-order valence-electron chi connectivity index (χ1n) is 7.57. The number of nitrogens with one attached hydrogen (secondary N) is 1. The third-order valence-electron chi connectivity index (χ3n) is 3.65.